The summed E-state index contributed by atoms with van der Waals surface area (Å²) in [5, 5.41) is 10.3. The lowest BCUT2D eigenvalue weighted by molar-refractivity contribution is 0.199. The van der Waals surface area contributed by atoms with Gasteiger partial charge in [-0.05, 0) is 57.6 Å². The van der Waals surface area contributed by atoms with Crippen LogP contribution < -0.4 is 4.90 Å². The van der Waals surface area contributed by atoms with E-state index in [0.29, 0.717) is 0 Å². The number of aliphatic hydroxyl groups is 1. The van der Waals surface area contributed by atoms with E-state index in [-0.39, 0.29) is 0 Å². The fourth-order valence-electron chi connectivity index (χ4n) is 2.51. The summed E-state index contributed by atoms with van der Waals surface area (Å²) in [5.41, 5.74) is 1.92. The molecule has 0 aromatic heterocycles. The molecule has 3 nitrogen and oxygen atoms in total. The van der Waals surface area contributed by atoms with Gasteiger partial charge in [-0.3, -0.25) is 0 Å². The van der Waals surface area contributed by atoms with Crippen LogP contribution in [0.5, 0.6) is 0 Å². The number of hydrogen-bond donors (Lipinski definition) is 1. The Hall–Kier alpha value is -0.770. The number of nitrogens with zero attached hydrogens (tertiary/aromatic N) is 2. The Kier molecular flexibility index (Phi) is 8.09. The van der Waals surface area contributed by atoms with Crippen molar-refractivity contribution in [2.45, 2.75) is 40.2 Å². The highest BCUT2D eigenvalue weighted by Crippen LogP contribution is 2.29. The van der Waals surface area contributed by atoms with Crippen molar-refractivity contribution in [3.8, 4) is 0 Å². The Morgan fingerprint density at radius 3 is 2.24 bits per heavy atom. The fraction of sp³-hybridized carbons (Fsp3) is 0.647. The minimum Gasteiger partial charge on any atom is -0.389 e. The lowest BCUT2D eigenvalue weighted by Gasteiger charge is -2.26. The molecule has 1 N–H and O–H groups in total. The van der Waals surface area contributed by atoms with Crippen molar-refractivity contribution in [1.82, 2.24) is 4.90 Å². The first kappa shape index (κ1) is 18.3. The smallest absolute Gasteiger partial charge is 0.0762 e. The Labute approximate surface area is 134 Å². The monoisotopic (exact) mass is 312 g/mol. The quantitative estimate of drug-likeness (QED) is 0.748. The van der Waals surface area contributed by atoms with Crippen LogP contribution in [0.25, 0.3) is 0 Å². The van der Waals surface area contributed by atoms with Gasteiger partial charge in [-0.25, -0.2) is 0 Å². The molecule has 0 fully saturated rings. The average molecular weight is 313 g/mol. The standard InChI is InChI=1S/C17H29ClN2O/c1-5-19(6-2)11-8-12-20(7-3)17-10-9-15(14(4)21)13-16(17)18/h9-10,13-14,21H,5-8,11-12H2,1-4H3/t14-/m0/s1. The predicted molar refractivity (Wildman–Crippen MR) is 92.4 cm³/mol. The van der Waals surface area contributed by atoms with E-state index >= 15 is 0 Å². The lowest BCUT2D eigenvalue weighted by Crippen LogP contribution is -2.30. The average Bonchev–Trinajstić information content (AvgIpc) is 2.48. The summed E-state index contributed by atoms with van der Waals surface area (Å²) in [6.07, 6.45) is 0.651. The van der Waals surface area contributed by atoms with Crippen LogP contribution in [0.4, 0.5) is 5.69 Å². The summed E-state index contributed by atoms with van der Waals surface area (Å²) in [7, 11) is 0. The van der Waals surface area contributed by atoms with Crippen molar-refractivity contribution in [2.75, 3.05) is 37.6 Å². The molecule has 0 aliphatic heterocycles. The van der Waals surface area contributed by atoms with Gasteiger partial charge in [0.15, 0.2) is 0 Å². The normalized spacial score (nSPS) is 12.7. The molecule has 1 rings (SSSR count). The highest BCUT2D eigenvalue weighted by atomic mass is 35.5. The molecule has 1 aromatic rings. The maximum absolute atomic E-state index is 9.61. The van der Waals surface area contributed by atoms with Gasteiger partial charge in [0.25, 0.3) is 0 Å². The van der Waals surface area contributed by atoms with Gasteiger partial charge in [0, 0.05) is 13.1 Å². The zero-order valence-electron chi connectivity index (χ0n) is 13.8. The first-order chi connectivity index (χ1) is 10.0. The zero-order valence-corrected chi connectivity index (χ0v) is 14.5. The van der Waals surface area contributed by atoms with Gasteiger partial charge in [0.2, 0.25) is 0 Å². The summed E-state index contributed by atoms with van der Waals surface area (Å²) >= 11 is 6.38. The molecule has 0 unspecified atom stereocenters. The van der Waals surface area contributed by atoms with E-state index in [4.69, 9.17) is 11.6 Å². The number of benzene rings is 1. The predicted octanol–water partition coefficient (Wildman–Crippen LogP) is 3.95. The van der Waals surface area contributed by atoms with Gasteiger partial charge in [-0.1, -0.05) is 31.5 Å². The maximum Gasteiger partial charge on any atom is 0.0762 e. The molecule has 0 saturated heterocycles. The highest BCUT2D eigenvalue weighted by molar-refractivity contribution is 6.33. The van der Waals surface area contributed by atoms with Gasteiger partial charge in [-0.2, -0.15) is 0 Å². The fourth-order valence-corrected chi connectivity index (χ4v) is 2.82. The summed E-state index contributed by atoms with van der Waals surface area (Å²) in [6.45, 7) is 13.6. The number of halogens is 1. The van der Waals surface area contributed by atoms with Crippen molar-refractivity contribution >= 4 is 17.3 Å². The molecule has 1 aromatic carbocycles. The van der Waals surface area contributed by atoms with Crippen molar-refractivity contribution in [3.05, 3.63) is 28.8 Å². The molecule has 0 heterocycles. The second-order valence-corrected chi connectivity index (χ2v) is 5.75. The molecule has 1 atom stereocenters. The Balaban J connectivity index is 2.67. The number of aliphatic hydroxyl groups excluding tert-OH is 1. The van der Waals surface area contributed by atoms with E-state index in [0.717, 1.165) is 55.4 Å². The van der Waals surface area contributed by atoms with E-state index < -0.39 is 6.10 Å². The van der Waals surface area contributed by atoms with Crippen molar-refractivity contribution < 1.29 is 5.11 Å². The molecule has 0 aliphatic carbocycles. The van der Waals surface area contributed by atoms with E-state index in [9.17, 15) is 5.11 Å². The molecule has 0 bridgehead atoms. The summed E-state index contributed by atoms with van der Waals surface area (Å²) in [4.78, 5) is 4.74. The Morgan fingerprint density at radius 2 is 1.76 bits per heavy atom. The van der Waals surface area contributed by atoms with Crippen LogP contribution in [0.15, 0.2) is 18.2 Å². The van der Waals surface area contributed by atoms with Crippen LogP contribution in [0.3, 0.4) is 0 Å². The van der Waals surface area contributed by atoms with Gasteiger partial charge in [0.1, 0.15) is 0 Å². The number of rotatable bonds is 9. The molecule has 120 valence electrons. The van der Waals surface area contributed by atoms with Crippen LogP contribution in [0.2, 0.25) is 5.02 Å². The van der Waals surface area contributed by atoms with Gasteiger partial charge >= 0.3 is 0 Å². The second-order valence-electron chi connectivity index (χ2n) is 5.35. The molecule has 0 amide bonds. The number of hydrogen-bond acceptors (Lipinski definition) is 3. The third-order valence-electron chi connectivity index (χ3n) is 3.97. The Bertz CT molecular complexity index is 419. The zero-order chi connectivity index (χ0) is 15.8. The van der Waals surface area contributed by atoms with Crippen molar-refractivity contribution in [3.63, 3.8) is 0 Å². The number of anilines is 1. The van der Waals surface area contributed by atoms with E-state index in [1.807, 2.05) is 18.2 Å². The maximum atomic E-state index is 9.61. The topological polar surface area (TPSA) is 26.7 Å². The molecule has 0 saturated carbocycles. The van der Waals surface area contributed by atoms with E-state index in [1.165, 1.54) is 0 Å². The highest BCUT2D eigenvalue weighted by Gasteiger charge is 2.11. The molecule has 21 heavy (non-hydrogen) atoms. The summed E-state index contributed by atoms with van der Waals surface area (Å²) in [6, 6.07) is 5.85. The first-order valence-electron chi connectivity index (χ1n) is 7.98. The Morgan fingerprint density at radius 1 is 1.10 bits per heavy atom. The van der Waals surface area contributed by atoms with Crippen molar-refractivity contribution in [1.29, 1.82) is 0 Å². The molecular formula is C17H29ClN2O. The van der Waals surface area contributed by atoms with Crippen LogP contribution in [0, 0.1) is 0 Å². The van der Waals surface area contributed by atoms with Gasteiger partial charge in [0.05, 0.1) is 16.8 Å². The van der Waals surface area contributed by atoms with Crippen LogP contribution in [0.1, 0.15) is 45.8 Å². The van der Waals surface area contributed by atoms with E-state index in [2.05, 4.69) is 30.6 Å². The van der Waals surface area contributed by atoms with E-state index in [1.54, 1.807) is 6.92 Å². The third-order valence-corrected chi connectivity index (χ3v) is 4.28. The van der Waals surface area contributed by atoms with Crippen LogP contribution in [-0.2, 0) is 0 Å². The van der Waals surface area contributed by atoms with Crippen molar-refractivity contribution in [2.24, 2.45) is 0 Å². The molecule has 4 heteroatoms. The third kappa shape index (κ3) is 5.50. The first-order valence-corrected chi connectivity index (χ1v) is 8.36. The molecule has 0 aliphatic rings. The molecule has 0 spiro atoms. The van der Waals surface area contributed by atoms with Crippen LogP contribution in [-0.4, -0.2) is 42.7 Å². The minimum atomic E-state index is -0.478. The largest absolute Gasteiger partial charge is 0.389 e. The molecular weight excluding hydrogens is 284 g/mol. The van der Waals surface area contributed by atoms with Gasteiger partial charge < -0.3 is 14.9 Å². The van der Waals surface area contributed by atoms with Gasteiger partial charge in [-0.15, -0.1) is 0 Å². The molecule has 0 radical (unpaired) electrons. The minimum absolute atomic E-state index is 0.478. The second kappa shape index (κ2) is 9.29. The SMILES string of the molecule is CCN(CC)CCCN(CC)c1ccc([C@H](C)O)cc1Cl. The summed E-state index contributed by atoms with van der Waals surface area (Å²) in [5.74, 6) is 0. The van der Waals surface area contributed by atoms with Crippen LogP contribution >= 0.6 is 11.6 Å². The lowest BCUT2D eigenvalue weighted by atomic mass is 10.1. The summed E-state index contributed by atoms with van der Waals surface area (Å²) < 4.78 is 0.